The standard InChI is InChI=1S/C24H16ClN5O/c25-18-10-11-21-19(13-18)22(15-6-2-1-3-7-15)29-24(28-21)30-26-14-17-12-16-8-4-5-9-20(16)27-23(17)31/h1-14H,(H,27,31)(H,28,29,30)/b26-14+. The normalized spacial score (nSPS) is 11.4. The van der Waals surface area contributed by atoms with Crippen molar-refractivity contribution in [1.82, 2.24) is 15.0 Å². The van der Waals surface area contributed by atoms with E-state index in [0.717, 1.165) is 33.1 Å². The van der Waals surface area contributed by atoms with Crippen LogP contribution < -0.4 is 11.0 Å². The van der Waals surface area contributed by atoms with E-state index < -0.39 is 0 Å². The summed E-state index contributed by atoms with van der Waals surface area (Å²) in [6, 6.07) is 24.6. The SMILES string of the molecule is O=c1[nH]c2ccccc2cc1/C=N/Nc1nc(-c2ccccc2)c2cc(Cl)ccc2n1. The Morgan fingerprint density at radius 3 is 2.61 bits per heavy atom. The summed E-state index contributed by atoms with van der Waals surface area (Å²) in [6.07, 6.45) is 1.46. The summed E-state index contributed by atoms with van der Waals surface area (Å²) >= 11 is 6.20. The summed E-state index contributed by atoms with van der Waals surface area (Å²) in [5.41, 5.74) is 6.26. The van der Waals surface area contributed by atoms with Crippen LogP contribution in [0.1, 0.15) is 5.56 Å². The molecule has 0 unspecified atom stereocenters. The summed E-state index contributed by atoms with van der Waals surface area (Å²) in [5.74, 6) is 0.321. The van der Waals surface area contributed by atoms with Crippen molar-refractivity contribution < 1.29 is 0 Å². The van der Waals surface area contributed by atoms with Crippen LogP contribution in [0.3, 0.4) is 0 Å². The van der Waals surface area contributed by atoms with Crippen LogP contribution in [-0.2, 0) is 0 Å². The van der Waals surface area contributed by atoms with Crippen LogP contribution in [0.2, 0.25) is 5.02 Å². The molecule has 6 nitrogen and oxygen atoms in total. The van der Waals surface area contributed by atoms with Crippen molar-refractivity contribution in [1.29, 1.82) is 0 Å². The second-order valence-corrected chi connectivity index (χ2v) is 7.37. The van der Waals surface area contributed by atoms with Gasteiger partial charge in [-0.3, -0.25) is 4.79 Å². The predicted molar refractivity (Wildman–Crippen MR) is 126 cm³/mol. The smallest absolute Gasteiger partial charge is 0.257 e. The largest absolute Gasteiger partial charge is 0.321 e. The quantitative estimate of drug-likeness (QED) is 0.305. The molecular weight excluding hydrogens is 410 g/mol. The number of hydrazone groups is 1. The number of para-hydroxylation sites is 1. The maximum atomic E-state index is 12.3. The van der Waals surface area contributed by atoms with Crippen molar-refractivity contribution in [3.63, 3.8) is 0 Å². The first-order valence-electron chi connectivity index (χ1n) is 9.61. The highest BCUT2D eigenvalue weighted by atomic mass is 35.5. The van der Waals surface area contributed by atoms with Crippen LogP contribution >= 0.6 is 11.6 Å². The molecule has 2 N–H and O–H groups in total. The second kappa shape index (κ2) is 8.01. The van der Waals surface area contributed by atoms with Crippen LogP contribution in [0.4, 0.5) is 5.95 Å². The monoisotopic (exact) mass is 425 g/mol. The number of pyridine rings is 1. The summed E-state index contributed by atoms with van der Waals surface area (Å²) in [7, 11) is 0. The average molecular weight is 426 g/mol. The highest BCUT2D eigenvalue weighted by Gasteiger charge is 2.10. The number of halogens is 1. The molecule has 0 atom stereocenters. The van der Waals surface area contributed by atoms with Gasteiger partial charge in [0.25, 0.3) is 5.56 Å². The van der Waals surface area contributed by atoms with Gasteiger partial charge < -0.3 is 4.98 Å². The number of aromatic nitrogens is 3. The number of nitrogens with one attached hydrogen (secondary N) is 2. The zero-order chi connectivity index (χ0) is 21.2. The van der Waals surface area contributed by atoms with E-state index in [-0.39, 0.29) is 5.56 Å². The molecule has 0 aliphatic carbocycles. The number of benzene rings is 3. The Labute approximate surface area is 182 Å². The molecular formula is C24H16ClN5O. The first-order chi connectivity index (χ1) is 15.2. The van der Waals surface area contributed by atoms with Gasteiger partial charge in [0.2, 0.25) is 5.95 Å². The lowest BCUT2D eigenvalue weighted by Crippen LogP contribution is -2.12. The Balaban J connectivity index is 1.52. The van der Waals surface area contributed by atoms with Crippen LogP contribution in [0, 0.1) is 0 Å². The molecule has 0 amide bonds. The highest BCUT2D eigenvalue weighted by Crippen LogP contribution is 2.29. The maximum absolute atomic E-state index is 12.3. The van der Waals surface area contributed by atoms with E-state index >= 15 is 0 Å². The van der Waals surface area contributed by atoms with Gasteiger partial charge in [-0.2, -0.15) is 5.10 Å². The van der Waals surface area contributed by atoms with Gasteiger partial charge >= 0.3 is 0 Å². The van der Waals surface area contributed by atoms with Crippen LogP contribution in [-0.4, -0.2) is 21.2 Å². The average Bonchev–Trinajstić information content (AvgIpc) is 2.79. The minimum absolute atomic E-state index is 0.219. The van der Waals surface area contributed by atoms with E-state index in [9.17, 15) is 4.79 Å². The minimum atomic E-state index is -0.219. The Hall–Kier alpha value is -4.03. The number of aromatic amines is 1. The van der Waals surface area contributed by atoms with Gasteiger partial charge in [-0.15, -0.1) is 0 Å². The van der Waals surface area contributed by atoms with E-state index in [1.165, 1.54) is 6.21 Å². The van der Waals surface area contributed by atoms with Gasteiger partial charge in [0.05, 0.1) is 23.0 Å². The predicted octanol–water partition coefficient (Wildman–Crippen LogP) is 5.24. The van der Waals surface area contributed by atoms with Crippen LogP contribution in [0.5, 0.6) is 0 Å². The second-order valence-electron chi connectivity index (χ2n) is 6.93. The summed E-state index contributed by atoms with van der Waals surface area (Å²) < 4.78 is 0. The van der Waals surface area contributed by atoms with Gasteiger partial charge in [-0.1, -0.05) is 60.1 Å². The third-order valence-electron chi connectivity index (χ3n) is 4.86. The number of anilines is 1. The Morgan fingerprint density at radius 2 is 1.74 bits per heavy atom. The fourth-order valence-corrected chi connectivity index (χ4v) is 3.56. The zero-order valence-electron chi connectivity index (χ0n) is 16.2. The fourth-order valence-electron chi connectivity index (χ4n) is 3.39. The molecule has 3 aromatic carbocycles. The van der Waals surface area contributed by atoms with Crippen molar-refractivity contribution in [2.24, 2.45) is 5.10 Å². The lowest BCUT2D eigenvalue weighted by Gasteiger charge is -2.09. The first-order valence-corrected chi connectivity index (χ1v) is 9.99. The third-order valence-corrected chi connectivity index (χ3v) is 5.09. The number of hydrogen-bond donors (Lipinski definition) is 2. The Morgan fingerprint density at radius 1 is 0.935 bits per heavy atom. The molecule has 0 saturated heterocycles. The van der Waals surface area contributed by atoms with Crippen molar-refractivity contribution >= 4 is 45.6 Å². The Bertz CT molecular complexity index is 1500. The summed E-state index contributed by atoms with van der Waals surface area (Å²) in [5, 5.41) is 6.58. The lowest BCUT2D eigenvalue weighted by atomic mass is 10.1. The summed E-state index contributed by atoms with van der Waals surface area (Å²) in [4.78, 5) is 24.3. The molecule has 0 radical (unpaired) electrons. The molecule has 5 aromatic rings. The van der Waals surface area contributed by atoms with E-state index in [0.29, 0.717) is 16.5 Å². The van der Waals surface area contributed by atoms with Gasteiger partial charge in [-0.05, 0) is 35.7 Å². The van der Waals surface area contributed by atoms with E-state index in [4.69, 9.17) is 11.6 Å². The van der Waals surface area contributed by atoms with E-state index in [1.54, 1.807) is 12.1 Å². The van der Waals surface area contributed by atoms with Crippen molar-refractivity contribution in [2.75, 3.05) is 5.43 Å². The van der Waals surface area contributed by atoms with Crippen LogP contribution in [0.15, 0.2) is 88.8 Å². The van der Waals surface area contributed by atoms with Crippen LogP contribution in [0.25, 0.3) is 33.1 Å². The maximum Gasteiger partial charge on any atom is 0.257 e. The fraction of sp³-hybridized carbons (Fsp3) is 0. The minimum Gasteiger partial charge on any atom is -0.321 e. The highest BCUT2D eigenvalue weighted by molar-refractivity contribution is 6.31. The van der Waals surface area contributed by atoms with Crippen molar-refractivity contribution in [2.45, 2.75) is 0 Å². The van der Waals surface area contributed by atoms with Gasteiger partial charge in [0, 0.05) is 21.5 Å². The van der Waals surface area contributed by atoms with E-state index in [1.807, 2.05) is 66.7 Å². The first kappa shape index (κ1) is 19.0. The topological polar surface area (TPSA) is 83.0 Å². The molecule has 0 saturated carbocycles. The van der Waals surface area contributed by atoms with Gasteiger partial charge in [-0.25, -0.2) is 15.4 Å². The molecule has 5 rings (SSSR count). The Kier molecular flexibility index (Phi) is 4.90. The molecule has 0 aliphatic rings. The number of fused-ring (bicyclic) bond motifs is 2. The number of nitrogens with zero attached hydrogens (tertiary/aromatic N) is 3. The molecule has 31 heavy (non-hydrogen) atoms. The molecule has 2 aromatic heterocycles. The van der Waals surface area contributed by atoms with Gasteiger partial charge in [0.1, 0.15) is 0 Å². The molecule has 2 heterocycles. The van der Waals surface area contributed by atoms with E-state index in [2.05, 4.69) is 25.5 Å². The molecule has 0 fully saturated rings. The number of H-pyrrole nitrogens is 1. The third kappa shape index (κ3) is 3.89. The number of hydrogen-bond acceptors (Lipinski definition) is 5. The molecule has 7 heteroatoms. The molecule has 0 aliphatic heterocycles. The van der Waals surface area contributed by atoms with Crippen molar-refractivity contribution in [3.05, 3.63) is 99.8 Å². The molecule has 0 bridgehead atoms. The molecule has 0 spiro atoms. The number of rotatable bonds is 4. The van der Waals surface area contributed by atoms with Crippen molar-refractivity contribution in [3.8, 4) is 11.3 Å². The zero-order valence-corrected chi connectivity index (χ0v) is 17.0. The van der Waals surface area contributed by atoms with Gasteiger partial charge in [0.15, 0.2) is 0 Å². The summed E-state index contributed by atoms with van der Waals surface area (Å²) in [6.45, 7) is 0. The molecule has 150 valence electrons. The lowest BCUT2D eigenvalue weighted by molar-refractivity contribution is 1.15.